The third-order valence-electron chi connectivity index (χ3n) is 2.07. The highest BCUT2D eigenvalue weighted by Gasteiger charge is 2.10. The second-order valence-corrected chi connectivity index (χ2v) is 4.61. The highest BCUT2D eigenvalue weighted by atomic mass is 32.1. The van der Waals surface area contributed by atoms with E-state index in [1.54, 1.807) is 11.3 Å². The van der Waals surface area contributed by atoms with Gasteiger partial charge in [0.2, 0.25) is 0 Å². The van der Waals surface area contributed by atoms with Gasteiger partial charge in [-0.05, 0) is 12.2 Å². The molecule has 0 amide bonds. The molecule has 72 valence electrons. The Morgan fingerprint density at radius 2 is 2.31 bits per heavy atom. The molecule has 0 unspecified atom stereocenters. The van der Waals surface area contributed by atoms with Crippen molar-refractivity contribution in [3.63, 3.8) is 0 Å². The maximum Gasteiger partial charge on any atom is 0.158 e. The summed E-state index contributed by atoms with van der Waals surface area (Å²) in [6, 6.07) is 0. The van der Waals surface area contributed by atoms with E-state index in [2.05, 4.69) is 15.3 Å². The summed E-state index contributed by atoms with van der Waals surface area (Å²) < 4.78 is 6.14. The van der Waals surface area contributed by atoms with E-state index in [1.165, 1.54) is 5.69 Å². The number of aromatic amines is 1. The standard InChI is InChI=1S/C8H12N2OS2/c12-8-9-7(6-13-8)5-10-1-3-11-4-2-10/h6H,1-5H2,(H,9,12). The van der Waals surface area contributed by atoms with E-state index in [4.69, 9.17) is 17.0 Å². The topological polar surface area (TPSA) is 28.3 Å². The molecule has 0 saturated carbocycles. The Morgan fingerprint density at radius 3 is 2.92 bits per heavy atom. The molecule has 0 aromatic carbocycles. The molecule has 13 heavy (non-hydrogen) atoms. The van der Waals surface area contributed by atoms with Crippen molar-refractivity contribution in [1.82, 2.24) is 9.88 Å². The number of hydrogen-bond donors (Lipinski definition) is 1. The third kappa shape index (κ3) is 2.60. The maximum atomic E-state index is 5.27. The van der Waals surface area contributed by atoms with Crippen LogP contribution in [0.15, 0.2) is 5.38 Å². The average molecular weight is 216 g/mol. The molecule has 2 rings (SSSR count). The molecular formula is C8H12N2OS2. The smallest absolute Gasteiger partial charge is 0.158 e. The van der Waals surface area contributed by atoms with Gasteiger partial charge in [0.1, 0.15) is 0 Å². The number of ether oxygens (including phenoxy) is 1. The number of hydrogen-bond acceptors (Lipinski definition) is 4. The highest BCUT2D eigenvalue weighted by molar-refractivity contribution is 7.73. The van der Waals surface area contributed by atoms with E-state index in [0.29, 0.717) is 0 Å². The Kier molecular flexibility index (Phi) is 3.10. The Balaban J connectivity index is 1.93. The zero-order valence-corrected chi connectivity index (χ0v) is 8.92. The fourth-order valence-electron chi connectivity index (χ4n) is 1.39. The van der Waals surface area contributed by atoms with Crippen LogP contribution in [-0.4, -0.2) is 36.2 Å². The fourth-order valence-corrected chi connectivity index (χ4v) is 2.24. The lowest BCUT2D eigenvalue weighted by molar-refractivity contribution is 0.0337. The molecule has 1 saturated heterocycles. The van der Waals surface area contributed by atoms with Crippen LogP contribution in [0.1, 0.15) is 5.69 Å². The molecule has 3 nitrogen and oxygen atoms in total. The molecule has 1 fully saturated rings. The van der Waals surface area contributed by atoms with Crippen molar-refractivity contribution in [3.8, 4) is 0 Å². The number of nitrogens with one attached hydrogen (secondary N) is 1. The number of morpholine rings is 1. The summed E-state index contributed by atoms with van der Waals surface area (Å²) in [5.41, 5.74) is 1.22. The van der Waals surface area contributed by atoms with E-state index in [9.17, 15) is 0 Å². The fraction of sp³-hybridized carbons (Fsp3) is 0.625. The van der Waals surface area contributed by atoms with Crippen LogP contribution in [0.25, 0.3) is 0 Å². The number of rotatable bonds is 2. The normalized spacial score (nSPS) is 19.1. The molecule has 0 radical (unpaired) electrons. The lowest BCUT2D eigenvalue weighted by Crippen LogP contribution is -2.35. The average Bonchev–Trinajstić information content (AvgIpc) is 2.53. The minimum atomic E-state index is 0.852. The summed E-state index contributed by atoms with van der Waals surface area (Å²) in [5, 5.41) is 2.10. The Labute approximate surface area is 86.3 Å². The number of thiazole rings is 1. The van der Waals surface area contributed by atoms with Crippen molar-refractivity contribution in [3.05, 3.63) is 15.0 Å². The SMILES string of the molecule is S=c1[nH]c(CN2CCOCC2)cs1. The van der Waals surface area contributed by atoms with Crippen molar-refractivity contribution < 1.29 is 4.74 Å². The monoisotopic (exact) mass is 216 g/mol. The molecule has 2 heterocycles. The lowest BCUT2D eigenvalue weighted by atomic mass is 10.4. The molecule has 1 aromatic rings. The number of aromatic nitrogens is 1. The van der Waals surface area contributed by atoms with Gasteiger partial charge in [-0.2, -0.15) is 0 Å². The number of nitrogens with zero attached hydrogens (tertiary/aromatic N) is 1. The van der Waals surface area contributed by atoms with Crippen LogP contribution in [0.3, 0.4) is 0 Å². The zero-order valence-electron chi connectivity index (χ0n) is 7.28. The maximum absolute atomic E-state index is 5.27. The minimum Gasteiger partial charge on any atom is -0.379 e. The van der Waals surface area contributed by atoms with Gasteiger partial charge in [0, 0.05) is 30.7 Å². The summed E-state index contributed by atoms with van der Waals surface area (Å²) >= 11 is 6.61. The van der Waals surface area contributed by atoms with Gasteiger partial charge < -0.3 is 9.72 Å². The van der Waals surface area contributed by atoms with Crippen LogP contribution >= 0.6 is 23.6 Å². The molecule has 0 spiro atoms. The minimum absolute atomic E-state index is 0.852. The van der Waals surface area contributed by atoms with Gasteiger partial charge in [0.25, 0.3) is 0 Å². The summed E-state index contributed by atoms with van der Waals surface area (Å²) in [6.45, 7) is 4.72. The molecule has 0 atom stereocenters. The molecule has 1 aliphatic heterocycles. The van der Waals surface area contributed by atoms with Crippen molar-refractivity contribution >= 4 is 23.6 Å². The van der Waals surface area contributed by atoms with Crippen LogP contribution in [0, 0.1) is 3.95 Å². The highest BCUT2D eigenvalue weighted by Crippen LogP contribution is 2.08. The van der Waals surface area contributed by atoms with Crippen LogP contribution in [0.4, 0.5) is 0 Å². The van der Waals surface area contributed by atoms with Gasteiger partial charge in [-0.1, -0.05) is 0 Å². The zero-order chi connectivity index (χ0) is 9.10. The van der Waals surface area contributed by atoms with Crippen LogP contribution < -0.4 is 0 Å². The van der Waals surface area contributed by atoms with Crippen LogP contribution in [0.5, 0.6) is 0 Å². The van der Waals surface area contributed by atoms with Gasteiger partial charge in [0.05, 0.1) is 13.2 Å². The van der Waals surface area contributed by atoms with E-state index in [-0.39, 0.29) is 0 Å². The quantitative estimate of drug-likeness (QED) is 0.762. The predicted octanol–water partition coefficient (Wildman–Crippen LogP) is 1.64. The van der Waals surface area contributed by atoms with Gasteiger partial charge in [-0.15, -0.1) is 11.3 Å². The molecule has 5 heteroatoms. The van der Waals surface area contributed by atoms with Gasteiger partial charge in [-0.3, -0.25) is 4.90 Å². The second kappa shape index (κ2) is 4.32. The second-order valence-electron chi connectivity index (χ2n) is 3.06. The van der Waals surface area contributed by atoms with Crippen LogP contribution in [-0.2, 0) is 11.3 Å². The first-order chi connectivity index (χ1) is 6.34. The Morgan fingerprint density at radius 1 is 1.54 bits per heavy atom. The molecule has 1 aromatic heterocycles. The van der Waals surface area contributed by atoms with E-state index in [0.717, 1.165) is 36.8 Å². The summed E-state index contributed by atoms with van der Waals surface area (Å²) in [6.07, 6.45) is 0. The Bertz CT molecular complexity index is 314. The summed E-state index contributed by atoms with van der Waals surface area (Å²) in [5.74, 6) is 0. The molecular weight excluding hydrogens is 204 g/mol. The van der Waals surface area contributed by atoms with Crippen molar-refractivity contribution in [2.45, 2.75) is 6.54 Å². The first-order valence-corrected chi connectivity index (χ1v) is 5.60. The Hall–Kier alpha value is -0.230. The van der Waals surface area contributed by atoms with Crippen molar-refractivity contribution in [2.24, 2.45) is 0 Å². The predicted molar refractivity (Wildman–Crippen MR) is 55.6 cm³/mol. The molecule has 1 aliphatic rings. The van der Waals surface area contributed by atoms with E-state index < -0.39 is 0 Å². The molecule has 0 aliphatic carbocycles. The third-order valence-corrected chi connectivity index (χ3v) is 3.18. The van der Waals surface area contributed by atoms with Gasteiger partial charge in [-0.25, -0.2) is 0 Å². The first-order valence-electron chi connectivity index (χ1n) is 4.31. The lowest BCUT2D eigenvalue weighted by Gasteiger charge is -2.25. The largest absolute Gasteiger partial charge is 0.379 e. The van der Waals surface area contributed by atoms with E-state index in [1.807, 2.05) is 0 Å². The van der Waals surface area contributed by atoms with Crippen LogP contribution in [0.2, 0.25) is 0 Å². The van der Waals surface area contributed by atoms with Gasteiger partial charge in [0.15, 0.2) is 3.95 Å². The molecule has 0 bridgehead atoms. The van der Waals surface area contributed by atoms with E-state index >= 15 is 0 Å². The summed E-state index contributed by atoms with van der Waals surface area (Å²) in [4.78, 5) is 5.55. The summed E-state index contributed by atoms with van der Waals surface area (Å²) in [7, 11) is 0. The molecule has 1 N–H and O–H groups in total. The number of H-pyrrole nitrogens is 1. The first kappa shape index (κ1) is 9.33. The van der Waals surface area contributed by atoms with Crippen molar-refractivity contribution in [2.75, 3.05) is 26.3 Å². The van der Waals surface area contributed by atoms with Gasteiger partial charge >= 0.3 is 0 Å². The van der Waals surface area contributed by atoms with Crippen molar-refractivity contribution in [1.29, 1.82) is 0 Å².